The molecule has 0 aliphatic heterocycles. The summed E-state index contributed by atoms with van der Waals surface area (Å²) in [5.74, 6) is 0.546. The fourth-order valence-electron chi connectivity index (χ4n) is 2.37. The molecular weight excluding hydrogens is 512 g/mol. The number of rotatable bonds is 6. The third-order valence-corrected chi connectivity index (χ3v) is 3.89. The minimum absolute atomic E-state index is 0. The van der Waals surface area contributed by atoms with Gasteiger partial charge in [-0.1, -0.05) is 24.3 Å². The van der Waals surface area contributed by atoms with Gasteiger partial charge >= 0.3 is 12.3 Å². The first-order valence-electron chi connectivity index (χ1n) is 8.94. The molecule has 2 aromatic rings. The van der Waals surface area contributed by atoms with Crippen molar-refractivity contribution in [3.63, 3.8) is 0 Å². The number of carbonyl (C=O) groups excluding carboxylic acids is 1. The normalized spacial score (nSPS) is 11.3. The molecule has 0 unspecified atom stereocenters. The van der Waals surface area contributed by atoms with Crippen molar-refractivity contribution in [3.05, 3.63) is 65.2 Å². The van der Waals surface area contributed by atoms with E-state index in [0.717, 1.165) is 17.7 Å². The van der Waals surface area contributed by atoms with Crippen molar-refractivity contribution < 1.29 is 22.7 Å². The second-order valence-corrected chi connectivity index (χ2v) is 6.06. The molecule has 164 valence electrons. The number of hydrogen-bond acceptors (Lipinski definition) is 3. The predicted molar refractivity (Wildman–Crippen MR) is 121 cm³/mol. The Morgan fingerprint density at radius 1 is 1.00 bits per heavy atom. The van der Waals surface area contributed by atoms with Gasteiger partial charge in [-0.3, -0.25) is 5.32 Å². The van der Waals surface area contributed by atoms with Crippen LogP contribution >= 0.6 is 24.0 Å². The fraction of sp³-hybridized carbons (Fsp3) is 0.300. The van der Waals surface area contributed by atoms with Crippen LogP contribution < -0.4 is 16.0 Å². The second kappa shape index (κ2) is 12.3. The molecular formula is C20H24F3IN4O2. The van der Waals surface area contributed by atoms with E-state index < -0.39 is 17.8 Å². The number of hydrogen-bond donors (Lipinski definition) is 3. The zero-order valence-corrected chi connectivity index (χ0v) is 18.9. The van der Waals surface area contributed by atoms with Crippen LogP contribution in [0.5, 0.6) is 0 Å². The number of carbonyl (C=O) groups is 1. The van der Waals surface area contributed by atoms with E-state index in [2.05, 4.69) is 25.7 Å². The molecule has 30 heavy (non-hydrogen) atoms. The molecule has 0 fully saturated rings. The quantitative estimate of drug-likeness (QED) is 0.283. The zero-order chi connectivity index (χ0) is 21.3. The Labute approximate surface area is 190 Å². The van der Waals surface area contributed by atoms with E-state index in [1.165, 1.54) is 19.2 Å². The zero-order valence-electron chi connectivity index (χ0n) is 16.5. The Morgan fingerprint density at radius 3 is 2.13 bits per heavy atom. The highest BCUT2D eigenvalue weighted by atomic mass is 127. The lowest BCUT2D eigenvalue weighted by atomic mass is 10.1. The standard InChI is InChI=1S/C20H23F3N4O2.HI/c1-3-24-18(25-12-14-4-8-16(9-5-14)20(21,22)23)26-13-15-6-10-17(11-7-15)27-19(28)29-2;/h4-11H,3,12-13H2,1-2H3,(H,27,28)(H2,24,25,26);1H. The maximum Gasteiger partial charge on any atom is 0.416 e. The summed E-state index contributed by atoms with van der Waals surface area (Å²) in [6.45, 7) is 3.29. The number of benzene rings is 2. The van der Waals surface area contributed by atoms with Crippen LogP contribution in [-0.4, -0.2) is 25.7 Å². The molecule has 0 bridgehead atoms. The minimum Gasteiger partial charge on any atom is -0.453 e. The first-order chi connectivity index (χ1) is 13.8. The SMILES string of the molecule is CCNC(=NCc1ccc(NC(=O)OC)cc1)NCc1ccc(C(F)(F)F)cc1.I. The minimum atomic E-state index is -4.34. The van der Waals surface area contributed by atoms with Crippen molar-refractivity contribution in [3.8, 4) is 0 Å². The van der Waals surface area contributed by atoms with E-state index in [1.54, 1.807) is 12.1 Å². The summed E-state index contributed by atoms with van der Waals surface area (Å²) in [7, 11) is 1.29. The Balaban J connectivity index is 0.00000450. The molecule has 0 aromatic heterocycles. The average molecular weight is 536 g/mol. The highest BCUT2D eigenvalue weighted by Gasteiger charge is 2.29. The van der Waals surface area contributed by atoms with Gasteiger partial charge in [0.2, 0.25) is 0 Å². The van der Waals surface area contributed by atoms with Gasteiger partial charge in [-0.15, -0.1) is 24.0 Å². The lowest BCUT2D eigenvalue weighted by Crippen LogP contribution is -2.36. The number of halogens is 4. The molecule has 0 saturated carbocycles. The molecule has 10 heteroatoms. The summed E-state index contributed by atoms with van der Waals surface area (Å²) in [5.41, 5.74) is 1.57. The van der Waals surface area contributed by atoms with Gasteiger partial charge in [0.05, 0.1) is 19.2 Å². The molecule has 0 atom stereocenters. The first kappa shape index (κ1) is 25.5. The van der Waals surface area contributed by atoms with Crippen LogP contribution in [0.15, 0.2) is 53.5 Å². The van der Waals surface area contributed by atoms with Crippen molar-refractivity contribution in [2.75, 3.05) is 19.0 Å². The number of nitrogens with zero attached hydrogens (tertiary/aromatic N) is 1. The van der Waals surface area contributed by atoms with Crippen molar-refractivity contribution in [1.82, 2.24) is 10.6 Å². The van der Waals surface area contributed by atoms with Crippen LogP contribution in [0.4, 0.5) is 23.7 Å². The van der Waals surface area contributed by atoms with Gasteiger partial charge in [0.1, 0.15) is 0 Å². The van der Waals surface area contributed by atoms with Gasteiger partial charge < -0.3 is 15.4 Å². The van der Waals surface area contributed by atoms with Crippen LogP contribution in [0.2, 0.25) is 0 Å². The Kier molecular flexibility index (Phi) is 10.4. The number of alkyl halides is 3. The topological polar surface area (TPSA) is 74.8 Å². The van der Waals surface area contributed by atoms with Gasteiger partial charge in [-0.05, 0) is 42.3 Å². The first-order valence-corrected chi connectivity index (χ1v) is 8.94. The van der Waals surface area contributed by atoms with E-state index in [9.17, 15) is 18.0 Å². The summed E-state index contributed by atoms with van der Waals surface area (Å²) in [5, 5.41) is 8.75. The number of anilines is 1. The number of amides is 1. The van der Waals surface area contributed by atoms with Crippen LogP contribution in [0, 0.1) is 0 Å². The highest BCUT2D eigenvalue weighted by molar-refractivity contribution is 14.0. The smallest absolute Gasteiger partial charge is 0.416 e. The molecule has 0 aliphatic rings. The Hall–Kier alpha value is -2.50. The van der Waals surface area contributed by atoms with E-state index in [0.29, 0.717) is 36.8 Å². The van der Waals surface area contributed by atoms with Crippen molar-refractivity contribution in [1.29, 1.82) is 0 Å². The molecule has 6 nitrogen and oxygen atoms in total. The predicted octanol–water partition coefficient (Wildman–Crippen LogP) is 4.76. The summed E-state index contributed by atoms with van der Waals surface area (Å²) in [6.07, 6.45) is -4.89. The second-order valence-electron chi connectivity index (χ2n) is 6.06. The summed E-state index contributed by atoms with van der Waals surface area (Å²) in [4.78, 5) is 15.6. The van der Waals surface area contributed by atoms with E-state index in [1.807, 2.05) is 19.1 Å². The summed E-state index contributed by atoms with van der Waals surface area (Å²) in [6, 6.07) is 12.1. The van der Waals surface area contributed by atoms with E-state index in [-0.39, 0.29) is 24.0 Å². The summed E-state index contributed by atoms with van der Waals surface area (Å²) < 4.78 is 42.4. The lowest BCUT2D eigenvalue weighted by Gasteiger charge is -2.12. The molecule has 2 aromatic carbocycles. The molecule has 0 saturated heterocycles. The molecule has 1 amide bonds. The van der Waals surface area contributed by atoms with Gasteiger partial charge in [-0.2, -0.15) is 13.2 Å². The van der Waals surface area contributed by atoms with E-state index in [4.69, 9.17) is 0 Å². The molecule has 0 heterocycles. The number of aliphatic imine (C=N–C) groups is 1. The number of guanidine groups is 1. The molecule has 2 rings (SSSR count). The monoisotopic (exact) mass is 536 g/mol. The fourth-order valence-corrected chi connectivity index (χ4v) is 2.37. The largest absolute Gasteiger partial charge is 0.453 e. The van der Waals surface area contributed by atoms with Gasteiger partial charge in [0.25, 0.3) is 0 Å². The van der Waals surface area contributed by atoms with Crippen molar-refractivity contribution in [2.24, 2.45) is 4.99 Å². The summed E-state index contributed by atoms with van der Waals surface area (Å²) >= 11 is 0. The lowest BCUT2D eigenvalue weighted by molar-refractivity contribution is -0.137. The van der Waals surface area contributed by atoms with E-state index >= 15 is 0 Å². The Morgan fingerprint density at radius 2 is 1.60 bits per heavy atom. The highest BCUT2D eigenvalue weighted by Crippen LogP contribution is 2.29. The van der Waals surface area contributed by atoms with Crippen LogP contribution in [0.1, 0.15) is 23.6 Å². The Bertz CT molecular complexity index is 825. The maximum atomic E-state index is 12.6. The molecule has 3 N–H and O–H groups in total. The number of nitrogens with one attached hydrogen (secondary N) is 3. The number of methoxy groups -OCH3 is 1. The molecule has 0 radical (unpaired) electrons. The van der Waals surface area contributed by atoms with Crippen molar-refractivity contribution >= 4 is 41.7 Å². The van der Waals surface area contributed by atoms with Gasteiger partial charge in [0.15, 0.2) is 5.96 Å². The van der Waals surface area contributed by atoms with Crippen molar-refractivity contribution in [2.45, 2.75) is 26.2 Å². The number of ether oxygens (including phenoxy) is 1. The van der Waals surface area contributed by atoms with Gasteiger partial charge in [0, 0.05) is 18.8 Å². The van der Waals surface area contributed by atoms with Crippen LogP contribution in [0.25, 0.3) is 0 Å². The van der Waals surface area contributed by atoms with Gasteiger partial charge in [-0.25, -0.2) is 9.79 Å². The average Bonchev–Trinajstić information content (AvgIpc) is 2.70. The maximum absolute atomic E-state index is 12.6. The molecule has 0 aliphatic carbocycles. The van der Waals surface area contributed by atoms with Crippen LogP contribution in [0.3, 0.4) is 0 Å². The third-order valence-electron chi connectivity index (χ3n) is 3.89. The third kappa shape index (κ3) is 8.47. The van der Waals surface area contributed by atoms with Crippen LogP contribution in [-0.2, 0) is 24.0 Å². The molecule has 0 spiro atoms.